The predicted octanol–water partition coefficient (Wildman–Crippen LogP) is 3.49. The SMILES string of the molecule is CC(C)CNC(=O)NC(C)Oc1ccc(C(C)C)cc1. The molecule has 0 fully saturated rings. The highest BCUT2D eigenvalue weighted by Gasteiger charge is 2.08. The Labute approximate surface area is 121 Å². The van der Waals surface area contributed by atoms with E-state index in [0.29, 0.717) is 18.4 Å². The van der Waals surface area contributed by atoms with Gasteiger partial charge in [0.25, 0.3) is 0 Å². The molecule has 0 saturated heterocycles. The monoisotopic (exact) mass is 278 g/mol. The second-order valence-corrected chi connectivity index (χ2v) is 5.73. The average Bonchev–Trinajstić information content (AvgIpc) is 2.36. The molecule has 1 atom stereocenters. The zero-order valence-electron chi connectivity index (χ0n) is 13.1. The first-order chi connectivity index (χ1) is 9.38. The van der Waals surface area contributed by atoms with E-state index >= 15 is 0 Å². The molecule has 0 aliphatic carbocycles. The van der Waals surface area contributed by atoms with Crippen LogP contribution < -0.4 is 15.4 Å². The highest BCUT2D eigenvalue weighted by molar-refractivity contribution is 5.73. The number of hydrogen-bond acceptors (Lipinski definition) is 2. The highest BCUT2D eigenvalue weighted by Crippen LogP contribution is 2.19. The van der Waals surface area contributed by atoms with Gasteiger partial charge in [-0.2, -0.15) is 0 Å². The lowest BCUT2D eigenvalue weighted by Gasteiger charge is -2.17. The fraction of sp³-hybridized carbons (Fsp3) is 0.562. The van der Waals surface area contributed by atoms with Gasteiger partial charge in [0.05, 0.1) is 0 Å². The van der Waals surface area contributed by atoms with Gasteiger partial charge in [-0.15, -0.1) is 0 Å². The van der Waals surface area contributed by atoms with Crippen LogP contribution in [-0.2, 0) is 0 Å². The minimum atomic E-state index is -0.368. The van der Waals surface area contributed by atoms with Crippen molar-refractivity contribution in [2.75, 3.05) is 6.54 Å². The summed E-state index contributed by atoms with van der Waals surface area (Å²) in [6, 6.07) is 7.75. The molecule has 0 aliphatic rings. The first kappa shape index (κ1) is 16.3. The molecule has 2 amide bonds. The number of nitrogens with one attached hydrogen (secondary N) is 2. The van der Waals surface area contributed by atoms with E-state index < -0.39 is 0 Å². The second-order valence-electron chi connectivity index (χ2n) is 5.73. The molecule has 2 N–H and O–H groups in total. The molecule has 0 radical (unpaired) electrons. The summed E-state index contributed by atoms with van der Waals surface area (Å²) in [5, 5.41) is 5.54. The van der Waals surface area contributed by atoms with Gasteiger partial charge in [0.1, 0.15) is 5.75 Å². The van der Waals surface area contributed by atoms with Crippen LogP contribution in [0.3, 0.4) is 0 Å². The van der Waals surface area contributed by atoms with Crippen molar-refractivity contribution in [2.45, 2.75) is 46.8 Å². The summed E-state index contributed by atoms with van der Waals surface area (Å²) in [4.78, 5) is 11.6. The van der Waals surface area contributed by atoms with Crippen LogP contribution in [0.4, 0.5) is 4.79 Å². The maximum Gasteiger partial charge on any atom is 0.317 e. The number of rotatable bonds is 6. The van der Waals surface area contributed by atoms with E-state index in [4.69, 9.17) is 4.74 Å². The Morgan fingerprint density at radius 3 is 2.20 bits per heavy atom. The molecule has 4 nitrogen and oxygen atoms in total. The number of amides is 2. The van der Waals surface area contributed by atoms with Crippen LogP contribution in [0.1, 0.15) is 46.1 Å². The Morgan fingerprint density at radius 2 is 1.70 bits per heavy atom. The van der Waals surface area contributed by atoms with E-state index in [9.17, 15) is 4.79 Å². The minimum absolute atomic E-state index is 0.204. The van der Waals surface area contributed by atoms with Gasteiger partial charge in [0.2, 0.25) is 0 Å². The number of benzene rings is 1. The van der Waals surface area contributed by atoms with Crippen molar-refractivity contribution >= 4 is 6.03 Å². The normalized spacial score (nSPS) is 12.3. The van der Waals surface area contributed by atoms with Gasteiger partial charge < -0.3 is 15.4 Å². The summed E-state index contributed by atoms with van der Waals surface area (Å²) in [5.41, 5.74) is 1.27. The van der Waals surface area contributed by atoms with Gasteiger partial charge in [-0.1, -0.05) is 39.8 Å². The average molecular weight is 278 g/mol. The van der Waals surface area contributed by atoms with Crippen LogP contribution in [0.2, 0.25) is 0 Å². The van der Waals surface area contributed by atoms with Crippen LogP contribution in [0.25, 0.3) is 0 Å². The Bertz CT molecular complexity index is 413. The molecule has 1 aromatic carbocycles. The third kappa shape index (κ3) is 5.95. The van der Waals surface area contributed by atoms with Gasteiger partial charge in [0.15, 0.2) is 6.23 Å². The van der Waals surface area contributed by atoms with E-state index in [0.717, 1.165) is 5.75 Å². The molecule has 20 heavy (non-hydrogen) atoms. The van der Waals surface area contributed by atoms with Crippen molar-refractivity contribution in [1.82, 2.24) is 10.6 Å². The van der Waals surface area contributed by atoms with Gasteiger partial charge >= 0.3 is 6.03 Å². The summed E-state index contributed by atoms with van der Waals surface area (Å²) >= 11 is 0. The van der Waals surface area contributed by atoms with Crippen molar-refractivity contribution in [3.05, 3.63) is 29.8 Å². The van der Waals surface area contributed by atoms with Crippen LogP contribution in [0.5, 0.6) is 5.75 Å². The van der Waals surface area contributed by atoms with Crippen LogP contribution in [0.15, 0.2) is 24.3 Å². The molecule has 112 valence electrons. The van der Waals surface area contributed by atoms with Crippen molar-refractivity contribution in [3.63, 3.8) is 0 Å². The fourth-order valence-corrected chi connectivity index (χ4v) is 1.70. The summed E-state index contributed by atoms with van der Waals surface area (Å²) in [6.45, 7) is 10.9. The maximum atomic E-state index is 11.6. The lowest BCUT2D eigenvalue weighted by atomic mass is 10.0. The molecule has 1 unspecified atom stereocenters. The van der Waals surface area contributed by atoms with E-state index in [-0.39, 0.29) is 12.3 Å². The zero-order valence-corrected chi connectivity index (χ0v) is 13.1. The Kier molecular flexibility index (Phi) is 6.36. The van der Waals surface area contributed by atoms with E-state index in [1.165, 1.54) is 5.56 Å². The second kappa shape index (κ2) is 7.78. The molecule has 4 heteroatoms. The predicted molar refractivity (Wildman–Crippen MR) is 82.0 cm³/mol. The number of carbonyl (C=O) groups is 1. The smallest absolute Gasteiger partial charge is 0.317 e. The number of ether oxygens (including phenoxy) is 1. The molecular formula is C16H26N2O2. The molecule has 0 aliphatic heterocycles. The van der Waals surface area contributed by atoms with Crippen molar-refractivity contribution < 1.29 is 9.53 Å². The zero-order chi connectivity index (χ0) is 15.1. The lowest BCUT2D eigenvalue weighted by Crippen LogP contribution is -2.44. The van der Waals surface area contributed by atoms with Gasteiger partial charge in [-0.25, -0.2) is 4.79 Å². The molecule has 1 rings (SSSR count). The van der Waals surface area contributed by atoms with Gasteiger partial charge in [0, 0.05) is 6.54 Å². The van der Waals surface area contributed by atoms with Crippen molar-refractivity contribution in [2.24, 2.45) is 5.92 Å². The van der Waals surface area contributed by atoms with Crippen LogP contribution in [-0.4, -0.2) is 18.8 Å². The standard InChI is InChI=1S/C16H26N2O2/c1-11(2)10-17-16(19)18-13(5)20-15-8-6-14(7-9-15)12(3)4/h6-9,11-13H,10H2,1-5H3,(H2,17,18,19). The Morgan fingerprint density at radius 1 is 1.10 bits per heavy atom. The highest BCUT2D eigenvalue weighted by atomic mass is 16.5. The topological polar surface area (TPSA) is 50.4 Å². The van der Waals surface area contributed by atoms with E-state index in [1.807, 2.05) is 31.2 Å². The first-order valence-electron chi connectivity index (χ1n) is 7.19. The molecule has 0 saturated carbocycles. The molecule has 1 aromatic rings. The largest absolute Gasteiger partial charge is 0.471 e. The van der Waals surface area contributed by atoms with E-state index in [1.54, 1.807) is 0 Å². The van der Waals surface area contributed by atoms with Crippen molar-refractivity contribution in [1.29, 1.82) is 0 Å². The minimum Gasteiger partial charge on any atom is -0.471 e. The van der Waals surface area contributed by atoms with Crippen LogP contribution >= 0.6 is 0 Å². The maximum absolute atomic E-state index is 11.6. The van der Waals surface area contributed by atoms with Gasteiger partial charge in [-0.3, -0.25) is 0 Å². The summed E-state index contributed by atoms with van der Waals surface area (Å²) in [7, 11) is 0. The van der Waals surface area contributed by atoms with Gasteiger partial charge in [-0.05, 0) is 36.5 Å². The summed E-state index contributed by atoms with van der Waals surface area (Å²) in [6.07, 6.45) is -0.368. The fourth-order valence-electron chi connectivity index (χ4n) is 1.70. The number of hydrogen-bond donors (Lipinski definition) is 2. The van der Waals surface area contributed by atoms with Crippen LogP contribution in [0, 0.1) is 5.92 Å². The van der Waals surface area contributed by atoms with Crippen molar-refractivity contribution in [3.8, 4) is 5.75 Å². The number of carbonyl (C=O) groups excluding carboxylic acids is 1. The lowest BCUT2D eigenvalue weighted by molar-refractivity contribution is 0.176. The third-order valence-corrected chi connectivity index (χ3v) is 2.86. The quantitative estimate of drug-likeness (QED) is 0.783. The Hall–Kier alpha value is -1.71. The van der Waals surface area contributed by atoms with E-state index in [2.05, 4.69) is 38.3 Å². The Balaban J connectivity index is 2.41. The molecular weight excluding hydrogens is 252 g/mol. The summed E-state index contributed by atoms with van der Waals surface area (Å²) in [5.74, 6) is 1.69. The molecule has 0 spiro atoms. The third-order valence-electron chi connectivity index (χ3n) is 2.86. The number of urea groups is 1. The summed E-state index contributed by atoms with van der Waals surface area (Å²) < 4.78 is 5.65. The molecule has 0 heterocycles. The molecule has 0 aromatic heterocycles. The molecule has 0 bridgehead atoms. The first-order valence-corrected chi connectivity index (χ1v) is 7.19.